The van der Waals surface area contributed by atoms with Gasteiger partial charge in [0.15, 0.2) is 0 Å². The SMILES string of the molecule is C1CC2CCNCC(C1)N2C1CC1. The van der Waals surface area contributed by atoms with Gasteiger partial charge in [-0.1, -0.05) is 6.42 Å². The van der Waals surface area contributed by atoms with Crippen LogP contribution in [0.1, 0.15) is 38.5 Å². The van der Waals surface area contributed by atoms with Crippen molar-refractivity contribution in [3.8, 4) is 0 Å². The summed E-state index contributed by atoms with van der Waals surface area (Å²) in [6, 6.07) is 2.80. The number of piperidine rings is 1. The third kappa shape index (κ3) is 1.50. The first-order chi connectivity index (χ1) is 6.45. The number of hydrogen-bond acceptors (Lipinski definition) is 2. The van der Waals surface area contributed by atoms with Gasteiger partial charge in [0.1, 0.15) is 0 Å². The van der Waals surface area contributed by atoms with Crippen molar-refractivity contribution < 1.29 is 0 Å². The molecule has 1 aliphatic carbocycles. The van der Waals surface area contributed by atoms with Crippen LogP contribution in [0.25, 0.3) is 0 Å². The molecule has 0 aromatic rings. The van der Waals surface area contributed by atoms with Crippen LogP contribution in [0.5, 0.6) is 0 Å². The minimum atomic E-state index is 0.883. The Morgan fingerprint density at radius 1 is 0.846 bits per heavy atom. The molecule has 3 fully saturated rings. The van der Waals surface area contributed by atoms with Gasteiger partial charge in [-0.15, -0.1) is 0 Å². The molecular formula is C11H20N2. The number of fused-ring (bicyclic) bond motifs is 2. The lowest BCUT2D eigenvalue weighted by atomic mass is 9.94. The zero-order chi connectivity index (χ0) is 8.67. The molecule has 2 heterocycles. The Kier molecular flexibility index (Phi) is 2.06. The molecule has 2 atom stereocenters. The van der Waals surface area contributed by atoms with E-state index in [0.717, 1.165) is 18.1 Å². The van der Waals surface area contributed by atoms with Crippen LogP contribution in [0.3, 0.4) is 0 Å². The van der Waals surface area contributed by atoms with Gasteiger partial charge in [-0.2, -0.15) is 0 Å². The Bertz CT molecular complexity index is 175. The minimum Gasteiger partial charge on any atom is -0.315 e. The molecule has 2 unspecified atom stereocenters. The summed E-state index contributed by atoms with van der Waals surface area (Å²) in [6.07, 6.45) is 8.74. The Labute approximate surface area is 80.7 Å². The normalized spacial score (nSPS) is 41.5. The van der Waals surface area contributed by atoms with Crippen molar-refractivity contribution in [2.24, 2.45) is 0 Å². The van der Waals surface area contributed by atoms with Crippen molar-refractivity contribution in [1.29, 1.82) is 0 Å². The van der Waals surface area contributed by atoms with E-state index in [2.05, 4.69) is 10.2 Å². The van der Waals surface area contributed by atoms with Crippen LogP contribution >= 0.6 is 0 Å². The third-order valence-electron chi connectivity index (χ3n) is 3.92. The van der Waals surface area contributed by atoms with Gasteiger partial charge in [0.2, 0.25) is 0 Å². The maximum Gasteiger partial charge on any atom is 0.0226 e. The molecular weight excluding hydrogens is 160 g/mol. The second-order valence-electron chi connectivity index (χ2n) is 4.91. The summed E-state index contributed by atoms with van der Waals surface area (Å²) in [5, 5.41) is 3.59. The average Bonchev–Trinajstić information content (AvgIpc) is 2.93. The molecule has 2 aliphatic heterocycles. The van der Waals surface area contributed by atoms with Crippen LogP contribution in [-0.2, 0) is 0 Å². The maximum absolute atomic E-state index is 3.59. The summed E-state index contributed by atoms with van der Waals surface area (Å²) >= 11 is 0. The van der Waals surface area contributed by atoms with Crippen LogP contribution in [0.2, 0.25) is 0 Å². The Morgan fingerprint density at radius 3 is 2.46 bits per heavy atom. The van der Waals surface area contributed by atoms with Crippen molar-refractivity contribution in [3.63, 3.8) is 0 Å². The predicted molar refractivity (Wildman–Crippen MR) is 53.8 cm³/mol. The fraction of sp³-hybridized carbons (Fsp3) is 1.00. The molecule has 2 nitrogen and oxygen atoms in total. The zero-order valence-corrected chi connectivity index (χ0v) is 8.34. The highest BCUT2D eigenvalue weighted by Gasteiger charge is 2.40. The molecule has 0 radical (unpaired) electrons. The van der Waals surface area contributed by atoms with Crippen molar-refractivity contribution >= 4 is 0 Å². The maximum atomic E-state index is 3.59. The summed E-state index contributed by atoms with van der Waals surface area (Å²) in [5.74, 6) is 0. The standard InChI is InChI=1S/C11H20N2/c1-2-9-6-7-12-8-11(3-1)13(9)10-4-5-10/h9-12H,1-8H2. The van der Waals surface area contributed by atoms with Gasteiger partial charge in [0.05, 0.1) is 0 Å². The monoisotopic (exact) mass is 180 g/mol. The quantitative estimate of drug-likeness (QED) is 0.655. The molecule has 0 aromatic heterocycles. The summed E-state index contributed by atoms with van der Waals surface area (Å²) in [5.41, 5.74) is 0. The smallest absolute Gasteiger partial charge is 0.0226 e. The molecule has 3 rings (SSSR count). The van der Waals surface area contributed by atoms with Gasteiger partial charge < -0.3 is 5.32 Å². The van der Waals surface area contributed by atoms with Crippen LogP contribution in [-0.4, -0.2) is 36.1 Å². The first-order valence-corrected chi connectivity index (χ1v) is 5.93. The molecule has 1 N–H and O–H groups in total. The van der Waals surface area contributed by atoms with Gasteiger partial charge in [-0.3, -0.25) is 4.90 Å². The molecule has 2 heteroatoms. The van der Waals surface area contributed by atoms with E-state index in [9.17, 15) is 0 Å². The van der Waals surface area contributed by atoms with Crippen LogP contribution < -0.4 is 5.32 Å². The summed E-state index contributed by atoms with van der Waals surface area (Å²) < 4.78 is 0. The Hall–Kier alpha value is -0.0800. The molecule has 0 amide bonds. The molecule has 0 aromatic carbocycles. The first-order valence-electron chi connectivity index (χ1n) is 5.93. The Balaban J connectivity index is 1.79. The highest BCUT2D eigenvalue weighted by Crippen LogP contribution is 2.37. The van der Waals surface area contributed by atoms with Crippen molar-refractivity contribution in [1.82, 2.24) is 10.2 Å². The van der Waals surface area contributed by atoms with Crippen LogP contribution in [0.4, 0.5) is 0 Å². The highest BCUT2D eigenvalue weighted by molar-refractivity contribution is 4.97. The topological polar surface area (TPSA) is 15.3 Å². The van der Waals surface area contributed by atoms with Crippen molar-refractivity contribution in [2.45, 2.75) is 56.7 Å². The number of rotatable bonds is 1. The lowest BCUT2D eigenvalue weighted by molar-refractivity contribution is 0.0846. The van der Waals surface area contributed by atoms with Crippen LogP contribution in [0, 0.1) is 0 Å². The lowest BCUT2D eigenvalue weighted by Gasteiger charge is -2.40. The average molecular weight is 180 g/mol. The van der Waals surface area contributed by atoms with Gasteiger partial charge in [0, 0.05) is 24.7 Å². The zero-order valence-electron chi connectivity index (χ0n) is 8.34. The summed E-state index contributed by atoms with van der Waals surface area (Å²) in [7, 11) is 0. The fourth-order valence-electron chi connectivity index (χ4n) is 3.19. The van der Waals surface area contributed by atoms with Gasteiger partial charge in [-0.05, 0) is 38.6 Å². The predicted octanol–water partition coefficient (Wildman–Crippen LogP) is 1.37. The largest absolute Gasteiger partial charge is 0.315 e. The lowest BCUT2D eigenvalue weighted by Crippen LogP contribution is -2.48. The van der Waals surface area contributed by atoms with E-state index in [1.54, 1.807) is 0 Å². The molecule has 74 valence electrons. The summed E-state index contributed by atoms with van der Waals surface area (Å²) in [4.78, 5) is 2.86. The molecule has 3 aliphatic rings. The Morgan fingerprint density at radius 2 is 1.62 bits per heavy atom. The van der Waals surface area contributed by atoms with Gasteiger partial charge >= 0.3 is 0 Å². The van der Waals surface area contributed by atoms with E-state index >= 15 is 0 Å². The van der Waals surface area contributed by atoms with Gasteiger partial charge in [-0.25, -0.2) is 0 Å². The summed E-state index contributed by atoms with van der Waals surface area (Å²) in [6.45, 7) is 2.51. The second-order valence-corrected chi connectivity index (χ2v) is 4.91. The molecule has 1 saturated carbocycles. The second kappa shape index (κ2) is 3.25. The molecule has 13 heavy (non-hydrogen) atoms. The van der Waals surface area contributed by atoms with E-state index in [4.69, 9.17) is 0 Å². The number of hydrogen-bond donors (Lipinski definition) is 1. The first kappa shape index (κ1) is 8.25. The van der Waals surface area contributed by atoms with E-state index in [1.807, 2.05) is 0 Å². The van der Waals surface area contributed by atoms with E-state index in [-0.39, 0.29) is 0 Å². The van der Waals surface area contributed by atoms with E-state index in [0.29, 0.717) is 0 Å². The highest BCUT2D eigenvalue weighted by atomic mass is 15.3. The number of nitrogens with zero attached hydrogens (tertiary/aromatic N) is 1. The van der Waals surface area contributed by atoms with Crippen molar-refractivity contribution in [3.05, 3.63) is 0 Å². The fourth-order valence-corrected chi connectivity index (χ4v) is 3.19. The van der Waals surface area contributed by atoms with E-state index < -0.39 is 0 Å². The van der Waals surface area contributed by atoms with Crippen LogP contribution in [0.15, 0.2) is 0 Å². The van der Waals surface area contributed by atoms with Gasteiger partial charge in [0.25, 0.3) is 0 Å². The third-order valence-corrected chi connectivity index (χ3v) is 3.92. The van der Waals surface area contributed by atoms with E-state index in [1.165, 1.54) is 51.6 Å². The minimum absolute atomic E-state index is 0.883. The molecule has 0 spiro atoms. The molecule has 2 saturated heterocycles. The van der Waals surface area contributed by atoms with Crippen molar-refractivity contribution in [2.75, 3.05) is 13.1 Å². The number of nitrogens with one attached hydrogen (secondary N) is 1. The molecule has 2 bridgehead atoms.